The predicted molar refractivity (Wildman–Crippen MR) is 62.5 cm³/mol. The van der Waals surface area contributed by atoms with E-state index in [1.807, 2.05) is 12.1 Å². The Balaban J connectivity index is 2.41. The van der Waals surface area contributed by atoms with Crippen molar-refractivity contribution in [3.63, 3.8) is 0 Å². The molecule has 5 heteroatoms. The number of hydrogen-bond donors (Lipinski definition) is 1. The zero-order chi connectivity index (χ0) is 12.1. The van der Waals surface area contributed by atoms with Crippen molar-refractivity contribution in [3.05, 3.63) is 42.4 Å². The van der Waals surface area contributed by atoms with Gasteiger partial charge in [-0.25, -0.2) is 0 Å². The van der Waals surface area contributed by atoms with E-state index in [4.69, 9.17) is 10.5 Å². The van der Waals surface area contributed by atoms with E-state index in [9.17, 15) is 0 Å². The van der Waals surface area contributed by atoms with Gasteiger partial charge in [-0.05, 0) is 12.1 Å². The molecule has 0 atom stereocenters. The lowest BCUT2D eigenvalue weighted by Crippen LogP contribution is -1.93. The van der Waals surface area contributed by atoms with E-state index in [1.165, 1.54) is 6.20 Å². The van der Waals surface area contributed by atoms with Crippen LogP contribution >= 0.6 is 0 Å². The molecule has 0 fully saturated rings. The van der Waals surface area contributed by atoms with Crippen LogP contribution in [0.5, 0.6) is 0 Å². The Hall–Kier alpha value is -2.92. The molecule has 0 spiro atoms. The third-order valence-electron chi connectivity index (χ3n) is 2.11. The molecule has 1 N–H and O–H groups in total. The van der Waals surface area contributed by atoms with Gasteiger partial charge in [0.1, 0.15) is 23.2 Å². The van der Waals surface area contributed by atoms with Crippen molar-refractivity contribution < 1.29 is 0 Å². The van der Waals surface area contributed by atoms with Crippen molar-refractivity contribution >= 4 is 16.7 Å². The Kier molecular flexibility index (Phi) is 2.95. The van der Waals surface area contributed by atoms with Gasteiger partial charge in [-0.1, -0.05) is 6.07 Å². The monoisotopic (exact) mass is 221 g/mol. The van der Waals surface area contributed by atoms with Gasteiger partial charge in [0, 0.05) is 18.6 Å². The highest BCUT2D eigenvalue weighted by molar-refractivity contribution is 5.87. The van der Waals surface area contributed by atoms with Gasteiger partial charge < -0.3 is 5.32 Å². The number of nitrogens with zero attached hydrogens (tertiary/aromatic N) is 4. The fourth-order valence-corrected chi connectivity index (χ4v) is 1.35. The number of nitriles is 2. The summed E-state index contributed by atoms with van der Waals surface area (Å²) in [5.41, 5.74) is 2.16. The first-order valence-electron chi connectivity index (χ1n) is 4.82. The Bertz CT molecular complexity index is 639. The highest BCUT2D eigenvalue weighted by Crippen LogP contribution is 2.18. The average Bonchev–Trinajstić information content (AvgIpc) is 2.40. The molecule has 0 amide bonds. The highest BCUT2D eigenvalue weighted by Gasteiger charge is 2.01. The van der Waals surface area contributed by atoms with Crippen LogP contribution in [-0.4, -0.2) is 9.97 Å². The normalized spacial score (nSPS) is 9.06. The smallest absolute Gasteiger partial charge is 0.145 e. The molecule has 1 aromatic heterocycles. The molecule has 0 bridgehead atoms. The molecule has 80 valence electrons. The first kappa shape index (κ1) is 10.6. The minimum Gasteiger partial charge on any atom is -0.358 e. The summed E-state index contributed by atoms with van der Waals surface area (Å²) in [6.07, 6.45) is 4.55. The van der Waals surface area contributed by atoms with Gasteiger partial charge in [0.15, 0.2) is 0 Å². The first-order valence-corrected chi connectivity index (χ1v) is 4.82. The molecular weight excluding hydrogens is 214 g/mol. The largest absolute Gasteiger partial charge is 0.358 e. The molecule has 0 aliphatic heterocycles. The van der Waals surface area contributed by atoms with Crippen molar-refractivity contribution in [3.8, 4) is 12.1 Å². The maximum Gasteiger partial charge on any atom is 0.145 e. The molecule has 0 saturated heterocycles. The summed E-state index contributed by atoms with van der Waals surface area (Å²) < 4.78 is 0. The highest BCUT2D eigenvalue weighted by atomic mass is 14.9. The maximum absolute atomic E-state index is 8.61. The second kappa shape index (κ2) is 4.73. The number of allylic oxidation sites excluding steroid dienone is 1. The number of fused-ring (bicyclic) bond motifs is 1. The van der Waals surface area contributed by atoms with Crippen LogP contribution in [0.2, 0.25) is 0 Å². The van der Waals surface area contributed by atoms with Gasteiger partial charge >= 0.3 is 0 Å². The van der Waals surface area contributed by atoms with Crippen LogP contribution in [0.1, 0.15) is 0 Å². The third-order valence-corrected chi connectivity index (χ3v) is 2.11. The van der Waals surface area contributed by atoms with Gasteiger partial charge in [-0.15, -0.1) is 0 Å². The van der Waals surface area contributed by atoms with E-state index < -0.39 is 0 Å². The van der Waals surface area contributed by atoms with Crippen molar-refractivity contribution in [2.75, 3.05) is 5.32 Å². The molecule has 0 unspecified atom stereocenters. The van der Waals surface area contributed by atoms with E-state index in [0.717, 1.165) is 5.52 Å². The van der Waals surface area contributed by atoms with Crippen LogP contribution in [0, 0.1) is 22.7 Å². The fraction of sp³-hybridized carbons (Fsp3) is 0. The van der Waals surface area contributed by atoms with Gasteiger partial charge in [-0.2, -0.15) is 10.5 Å². The van der Waals surface area contributed by atoms with Crippen molar-refractivity contribution in [1.29, 1.82) is 10.5 Å². The molecular formula is C12H7N5. The molecule has 1 aromatic carbocycles. The number of rotatable bonds is 2. The van der Waals surface area contributed by atoms with E-state index in [2.05, 4.69) is 15.3 Å². The lowest BCUT2D eigenvalue weighted by molar-refractivity contribution is 1.29. The number of benzene rings is 1. The van der Waals surface area contributed by atoms with Crippen LogP contribution in [0.3, 0.4) is 0 Å². The van der Waals surface area contributed by atoms with Crippen molar-refractivity contribution in [2.45, 2.75) is 0 Å². The van der Waals surface area contributed by atoms with Crippen molar-refractivity contribution in [2.24, 2.45) is 0 Å². The third kappa shape index (κ3) is 2.19. The molecule has 0 aliphatic rings. The van der Waals surface area contributed by atoms with Crippen LogP contribution in [0.4, 0.5) is 5.69 Å². The van der Waals surface area contributed by atoms with Crippen LogP contribution in [0.25, 0.3) is 11.0 Å². The summed E-state index contributed by atoms with van der Waals surface area (Å²) in [7, 11) is 0. The predicted octanol–water partition coefficient (Wildman–Crippen LogP) is 1.97. The molecule has 0 saturated carbocycles. The number of para-hydroxylation sites is 1. The van der Waals surface area contributed by atoms with Crippen molar-refractivity contribution in [1.82, 2.24) is 9.97 Å². The first-order chi connectivity index (χ1) is 8.35. The van der Waals surface area contributed by atoms with Gasteiger partial charge in [0.2, 0.25) is 0 Å². The molecule has 2 aromatic rings. The lowest BCUT2D eigenvalue weighted by atomic mass is 10.2. The molecule has 0 aliphatic carbocycles. The Morgan fingerprint density at radius 2 is 1.94 bits per heavy atom. The summed E-state index contributed by atoms with van der Waals surface area (Å²) >= 11 is 0. The zero-order valence-electron chi connectivity index (χ0n) is 8.75. The molecule has 2 rings (SSSR count). The summed E-state index contributed by atoms with van der Waals surface area (Å²) in [5, 5.41) is 20.1. The Labute approximate surface area is 97.7 Å². The van der Waals surface area contributed by atoms with E-state index >= 15 is 0 Å². The Morgan fingerprint density at radius 1 is 1.18 bits per heavy atom. The minimum absolute atomic E-state index is 0.00546. The number of anilines is 1. The zero-order valence-corrected chi connectivity index (χ0v) is 8.75. The Morgan fingerprint density at radius 3 is 2.71 bits per heavy atom. The summed E-state index contributed by atoms with van der Waals surface area (Å²) in [6, 6.07) is 9.01. The molecule has 17 heavy (non-hydrogen) atoms. The maximum atomic E-state index is 8.61. The SMILES string of the molecule is N#CC(C#N)=CNc1cccc2nccnc12. The summed E-state index contributed by atoms with van der Waals surface area (Å²) in [5.74, 6) is 0. The second-order valence-corrected chi connectivity index (χ2v) is 3.16. The average molecular weight is 221 g/mol. The molecule has 0 radical (unpaired) electrons. The second-order valence-electron chi connectivity index (χ2n) is 3.16. The van der Waals surface area contributed by atoms with E-state index in [-0.39, 0.29) is 5.57 Å². The van der Waals surface area contributed by atoms with Gasteiger partial charge in [-0.3, -0.25) is 9.97 Å². The summed E-state index contributed by atoms with van der Waals surface area (Å²) in [4.78, 5) is 8.35. The summed E-state index contributed by atoms with van der Waals surface area (Å²) in [6.45, 7) is 0. The van der Waals surface area contributed by atoms with Crippen LogP contribution < -0.4 is 5.32 Å². The van der Waals surface area contributed by atoms with E-state index in [1.54, 1.807) is 30.6 Å². The number of hydrogen-bond acceptors (Lipinski definition) is 5. The van der Waals surface area contributed by atoms with Gasteiger partial charge in [0.25, 0.3) is 0 Å². The number of aromatic nitrogens is 2. The van der Waals surface area contributed by atoms with Crippen LogP contribution in [-0.2, 0) is 0 Å². The van der Waals surface area contributed by atoms with Gasteiger partial charge in [0.05, 0.1) is 11.2 Å². The van der Waals surface area contributed by atoms with E-state index in [0.29, 0.717) is 11.2 Å². The topological polar surface area (TPSA) is 85.4 Å². The fourth-order valence-electron chi connectivity index (χ4n) is 1.35. The molecule has 1 heterocycles. The standard InChI is InChI=1S/C12H7N5/c13-6-9(7-14)8-17-11-3-1-2-10-12(11)16-5-4-15-10/h1-5,8,17H. The quantitative estimate of drug-likeness (QED) is 0.783. The lowest BCUT2D eigenvalue weighted by Gasteiger charge is -2.03. The van der Waals surface area contributed by atoms with Crippen LogP contribution in [0.15, 0.2) is 42.4 Å². The minimum atomic E-state index is 0.00546. The number of nitrogens with one attached hydrogen (secondary N) is 1. The molecule has 5 nitrogen and oxygen atoms in total.